The number of rotatable bonds is 16. The van der Waals surface area contributed by atoms with Crippen LogP contribution in [0.2, 0.25) is 0 Å². The van der Waals surface area contributed by atoms with E-state index in [2.05, 4.69) is 13.8 Å². The molecule has 0 heterocycles. The summed E-state index contributed by atoms with van der Waals surface area (Å²) in [5.41, 5.74) is 0. The smallest absolute Gasteiger partial charge is 0.329 e. The number of hydrogen-bond acceptors (Lipinski definition) is 3. The summed E-state index contributed by atoms with van der Waals surface area (Å²) in [6.45, 7) is 3.84. The second kappa shape index (κ2) is 24.6. The van der Waals surface area contributed by atoms with E-state index in [1.54, 1.807) is 0 Å². The SMILES string of the molecule is CC(C)CCCCCCCCCCCCCCC(=O)O.O=C(O)CO.[Ti]. The maximum absolute atomic E-state index is 10.3. The van der Waals surface area contributed by atoms with Gasteiger partial charge in [0.2, 0.25) is 0 Å². The quantitative estimate of drug-likeness (QED) is 0.240. The Balaban J connectivity index is -0.000000772. The zero-order chi connectivity index (χ0) is 19.3. The van der Waals surface area contributed by atoms with Crippen molar-refractivity contribution in [2.24, 2.45) is 5.92 Å². The molecule has 0 bridgehead atoms. The van der Waals surface area contributed by atoms with Gasteiger partial charge in [0, 0.05) is 28.1 Å². The predicted molar refractivity (Wildman–Crippen MR) is 102 cm³/mol. The van der Waals surface area contributed by atoms with E-state index in [0.717, 1.165) is 18.8 Å². The Morgan fingerprint density at radius 3 is 1.23 bits per heavy atom. The Morgan fingerprint density at radius 2 is 0.962 bits per heavy atom. The summed E-state index contributed by atoms with van der Waals surface area (Å²) >= 11 is 0. The molecule has 5 nitrogen and oxygen atoms in total. The average Bonchev–Trinajstić information content (AvgIpc) is 2.55. The molecule has 0 radical (unpaired) electrons. The molecule has 0 fully saturated rings. The summed E-state index contributed by atoms with van der Waals surface area (Å²) in [6, 6.07) is 0. The molecular formula is C20H40O5Ti. The number of unbranched alkanes of at least 4 members (excludes halogenated alkanes) is 11. The van der Waals surface area contributed by atoms with Gasteiger partial charge in [-0.25, -0.2) is 4.79 Å². The fourth-order valence-electron chi connectivity index (χ4n) is 2.60. The maximum atomic E-state index is 10.3. The Kier molecular flexibility index (Phi) is 28.7. The molecule has 0 unspecified atom stereocenters. The standard InChI is InChI=1S/C18H36O2.C2H4O3.Ti/c1-17(2)15-13-11-9-7-5-3-4-6-8-10-12-14-16-18(19)20;3-1-2(4)5;/h17H,3-16H2,1-2H3,(H,19,20);3H,1H2,(H,4,5);. The van der Waals surface area contributed by atoms with E-state index in [0.29, 0.717) is 6.42 Å². The van der Waals surface area contributed by atoms with E-state index < -0.39 is 18.5 Å². The van der Waals surface area contributed by atoms with Gasteiger partial charge in [-0.15, -0.1) is 0 Å². The first kappa shape index (κ1) is 30.3. The largest absolute Gasteiger partial charge is 0.481 e. The normalized spacial score (nSPS) is 10.0. The zero-order valence-electron chi connectivity index (χ0n) is 16.8. The fraction of sp³-hybridized carbons (Fsp3) is 0.900. The van der Waals surface area contributed by atoms with Gasteiger partial charge in [0.05, 0.1) is 0 Å². The van der Waals surface area contributed by atoms with Crippen LogP contribution in [0.5, 0.6) is 0 Å². The van der Waals surface area contributed by atoms with Gasteiger partial charge in [-0.3, -0.25) is 4.79 Å². The molecule has 154 valence electrons. The number of carboxylic acids is 2. The van der Waals surface area contributed by atoms with Gasteiger partial charge in [0.1, 0.15) is 6.61 Å². The van der Waals surface area contributed by atoms with Crippen molar-refractivity contribution in [3.63, 3.8) is 0 Å². The van der Waals surface area contributed by atoms with Crippen molar-refractivity contribution in [3.05, 3.63) is 0 Å². The van der Waals surface area contributed by atoms with Gasteiger partial charge in [-0.1, -0.05) is 90.9 Å². The third-order valence-corrected chi connectivity index (χ3v) is 4.06. The zero-order valence-corrected chi connectivity index (χ0v) is 18.4. The number of aliphatic hydroxyl groups excluding tert-OH is 1. The van der Waals surface area contributed by atoms with Crippen LogP contribution in [-0.2, 0) is 31.3 Å². The molecule has 0 rings (SSSR count). The molecule has 26 heavy (non-hydrogen) atoms. The predicted octanol–water partition coefficient (Wildman–Crippen LogP) is 5.25. The Morgan fingerprint density at radius 1 is 0.654 bits per heavy atom. The molecular weight excluding hydrogens is 368 g/mol. The van der Waals surface area contributed by atoms with E-state index in [1.807, 2.05) is 0 Å². The summed E-state index contributed by atoms with van der Waals surface area (Å²) in [6.07, 6.45) is 17.3. The van der Waals surface area contributed by atoms with Crippen molar-refractivity contribution >= 4 is 11.9 Å². The summed E-state index contributed by atoms with van der Waals surface area (Å²) in [7, 11) is 0. The molecule has 6 heteroatoms. The molecule has 0 aromatic carbocycles. The number of carbonyl (C=O) groups is 2. The molecule has 0 amide bonds. The van der Waals surface area contributed by atoms with Gasteiger partial charge in [-0.05, 0) is 12.3 Å². The summed E-state index contributed by atoms with van der Waals surface area (Å²) in [5, 5.41) is 23.5. The minimum atomic E-state index is -1.19. The van der Waals surface area contributed by atoms with Gasteiger partial charge >= 0.3 is 11.9 Å². The van der Waals surface area contributed by atoms with E-state index in [1.165, 1.54) is 70.6 Å². The van der Waals surface area contributed by atoms with Crippen LogP contribution in [0, 0.1) is 5.92 Å². The number of hydrogen-bond donors (Lipinski definition) is 3. The molecule has 0 saturated heterocycles. The van der Waals surface area contributed by atoms with Crippen LogP contribution in [0.1, 0.15) is 104 Å². The Hall–Kier alpha value is -0.386. The second-order valence-corrected chi connectivity index (χ2v) is 7.12. The maximum Gasteiger partial charge on any atom is 0.329 e. The summed E-state index contributed by atoms with van der Waals surface area (Å²) in [5.74, 6) is -0.978. The van der Waals surface area contributed by atoms with Crippen LogP contribution in [0.4, 0.5) is 0 Å². The van der Waals surface area contributed by atoms with Gasteiger partial charge in [-0.2, -0.15) is 0 Å². The monoisotopic (exact) mass is 408 g/mol. The van der Waals surface area contributed by atoms with Crippen molar-refractivity contribution < 1.29 is 46.6 Å². The first-order chi connectivity index (χ1) is 11.9. The Bertz CT molecular complexity index is 309. The fourth-order valence-corrected chi connectivity index (χ4v) is 2.60. The molecule has 0 spiro atoms. The number of aliphatic hydroxyl groups is 1. The molecule has 3 N–H and O–H groups in total. The van der Waals surface area contributed by atoms with Crippen LogP contribution >= 0.6 is 0 Å². The van der Waals surface area contributed by atoms with E-state index >= 15 is 0 Å². The molecule has 0 aromatic rings. The number of aliphatic carboxylic acids is 2. The van der Waals surface area contributed by atoms with Gasteiger partial charge in [0.25, 0.3) is 0 Å². The summed E-state index contributed by atoms with van der Waals surface area (Å²) < 4.78 is 0. The van der Waals surface area contributed by atoms with Crippen LogP contribution < -0.4 is 0 Å². The minimum absolute atomic E-state index is 0. The molecule has 0 aromatic heterocycles. The van der Waals surface area contributed by atoms with Crippen molar-refractivity contribution in [1.29, 1.82) is 0 Å². The van der Waals surface area contributed by atoms with E-state index in [4.69, 9.17) is 20.1 Å². The third-order valence-electron chi connectivity index (χ3n) is 4.06. The molecule has 0 aliphatic carbocycles. The van der Waals surface area contributed by atoms with Gasteiger partial charge in [0.15, 0.2) is 0 Å². The van der Waals surface area contributed by atoms with Crippen LogP contribution in [-0.4, -0.2) is 33.9 Å². The summed E-state index contributed by atoms with van der Waals surface area (Å²) in [4.78, 5) is 19.5. The van der Waals surface area contributed by atoms with Crippen LogP contribution in [0.15, 0.2) is 0 Å². The van der Waals surface area contributed by atoms with Crippen molar-refractivity contribution in [1.82, 2.24) is 0 Å². The average molecular weight is 408 g/mol. The molecule has 0 aliphatic rings. The number of carboxylic acid groups (broad SMARTS) is 2. The molecule has 0 aliphatic heterocycles. The molecule has 0 saturated carbocycles. The van der Waals surface area contributed by atoms with Crippen LogP contribution in [0.3, 0.4) is 0 Å². The second-order valence-electron chi connectivity index (χ2n) is 7.12. The van der Waals surface area contributed by atoms with Crippen molar-refractivity contribution in [2.45, 2.75) is 104 Å². The minimum Gasteiger partial charge on any atom is -0.481 e. The van der Waals surface area contributed by atoms with Gasteiger partial charge < -0.3 is 15.3 Å². The third kappa shape index (κ3) is 34.9. The van der Waals surface area contributed by atoms with E-state index in [9.17, 15) is 4.79 Å². The van der Waals surface area contributed by atoms with Crippen LogP contribution in [0.25, 0.3) is 0 Å². The van der Waals surface area contributed by atoms with Crippen molar-refractivity contribution in [2.75, 3.05) is 6.61 Å². The first-order valence-corrected chi connectivity index (χ1v) is 9.94. The van der Waals surface area contributed by atoms with Crippen molar-refractivity contribution in [3.8, 4) is 0 Å². The van der Waals surface area contributed by atoms with E-state index in [-0.39, 0.29) is 21.7 Å². The molecule has 0 atom stereocenters. The first-order valence-electron chi connectivity index (χ1n) is 9.94. The Labute approximate surface area is 174 Å². The topological polar surface area (TPSA) is 94.8 Å².